The average molecular weight is 446 g/mol. The van der Waals surface area contributed by atoms with Crippen molar-refractivity contribution in [2.75, 3.05) is 13.1 Å². The molecule has 4 rings (SSSR count). The molecule has 1 unspecified atom stereocenters. The van der Waals surface area contributed by atoms with Gasteiger partial charge in [0.2, 0.25) is 11.8 Å². The molecule has 0 saturated carbocycles. The van der Waals surface area contributed by atoms with Crippen LogP contribution in [-0.4, -0.2) is 54.5 Å². The molecule has 0 aromatic heterocycles. The molecule has 1 aromatic rings. The highest BCUT2D eigenvalue weighted by Crippen LogP contribution is 2.28. The fourth-order valence-corrected chi connectivity index (χ4v) is 5.43. The first-order valence-corrected chi connectivity index (χ1v) is 11.6. The largest absolute Gasteiger partial charge is 0.322 e. The zero-order valence-corrected chi connectivity index (χ0v) is 17.7. The number of nitrogens with one attached hydrogen (secondary N) is 2. The Morgan fingerprint density at radius 3 is 2.58 bits per heavy atom. The molecule has 3 heterocycles. The number of nitriles is 1. The van der Waals surface area contributed by atoms with E-state index in [-0.39, 0.29) is 37.2 Å². The topological polar surface area (TPSA) is 140 Å². The lowest BCUT2D eigenvalue weighted by Gasteiger charge is -2.29. The summed E-state index contributed by atoms with van der Waals surface area (Å²) in [5.41, 5.74) is 1.84. The number of nitrogens with zero attached hydrogens (tertiary/aromatic N) is 3. The summed E-state index contributed by atoms with van der Waals surface area (Å²) in [4.78, 5) is 37.8. The number of imide groups is 1. The number of amides is 3. The fourth-order valence-electron chi connectivity index (χ4n) is 4.20. The lowest BCUT2D eigenvalue weighted by Crippen LogP contribution is -2.52. The molecule has 2 fully saturated rings. The van der Waals surface area contributed by atoms with E-state index in [0.29, 0.717) is 43.5 Å². The summed E-state index contributed by atoms with van der Waals surface area (Å²) in [5.74, 6) is -1.21. The van der Waals surface area contributed by atoms with Crippen LogP contribution in [0.1, 0.15) is 47.2 Å². The van der Waals surface area contributed by atoms with Crippen molar-refractivity contribution >= 4 is 27.9 Å². The first kappa shape index (κ1) is 21.4. The molecular formula is C20H23N5O5S. The van der Waals surface area contributed by atoms with Gasteiger partial charge in [-0.25, -0.2) is 0 Å². The molecule has 0 aliphatic carbocycles. The minimum absolute atomic E-state index is 0.0273. The van der Waals surface area contributed by atoms with Gasteiger partial charge < -0.3 is 4.90 Å². The van der Waals surface area contributed by atoms with Crippen LogP contribution in [0.3, 0.4) is 0 Å². The van der Waals surface area contributed by atoms with Crippen LogP contribution >= 0.6 is 0 Å². The second-order valence-electron chi connectivity index (χ2n) is 8.02. The van der Waals surface area contributed by atoms with E-state index in [4.69, 9.17) is 5.26 Å². The van der Waals surface area contributed by atoms with Crippen molar-refractivity contribution in [2.24, 2.45) is 5.92 Å². The minimum atomic E-state index is -3.69. The summed E-state index contributed by atoms with van der Waals surface area (Å²) in [6, 6.07) is 6.66. The molecule has 10 nitrogen and oxygen atoms in total. The zero-order chi connectivity index (χ0) is 22.2. The molecule has 3 aliphatic rings. The molecule has 1 atom stereocenters. The second kappa shape index (κ2) is 8.37. The fraction of sp³-hybridized carbons (Fsp3) is 0.500. The number of benzene rings is 1. The third kappa shape index (κ3) is 4.32. The van der Waals surface area contributed by atoms with Crippen LogP contribution < -0.4 is 10.0 Å². The van der Waals surface area contributed by atoms with Crippen molar-refractivity contribution in [1.29, 1.82) is 5.26 Å². The monoisotopic (exact) mass is 445 g/mol. The van der Waals surface area contributed by atoms with Gasteiger partial charge >= 0.3 is 0 Å². The van der Waals surface area contributed by atoms with Gasteiger partial charge in [0.05, 0.1) is 6.07 Å². The normalized spacial score (nSPS) is 22.9. The van der Waals surface area contributed by atoms with Crippen LogP contribution in [0.25, 0.3) is 0 Å². The molecule has 1 aromatic carbocycles. The van der Waals surface area contributed by atoms with Crippen molar-refractivity contribution in [3.05, 3.63) is 34.9 Å². The van der Waals surface area contributed by atoms with Crippen molar-refractivity contribution < 1.29 is 22.8 Å². The second-order valence-corrected chi connectivity index (χ2v) is 9.78. The predicted octanol–water partition coefficient (Wildman–Crippen LogP) is 0.0176. The SMILES string of the molecule is N#CC1CCN(S(=O)(=O)NCc2ccc3c(c2)C(=O)N(C2CCC(=O)NC2=O)C3)CC1. The van der Waals surface area contributed by atoms with Crippen molar-refractivity contribution in [1.82, 2.24) is 19.2 Å². The van der Waals surface area contributed by atoms with Crippen LogP contribution in [-0.2, 0) is 32.9 Å². The molecule has 3 amide bonds. The molecule has 0 spiro atoms. The maximum absolute atomic E-state index is 12.9. The van der Waals surface area contributed by atoms with E-state index in [2.05, 4.69) is 16.1 Å². The number of hydrogen-bond donors (Lipinski definition) is 2. The quantitative estimate of drug-likeness (QED) is 0.613. The number of carbonyl (C=O) groups excluding carboxylic acids is 3. The van der Waals surface area contributed by atoms with E-state index in [1.807, 2.05) is 0 Å². The van der Waals surface area contributed by atoms with Gasteiger partial charge in [0.15, 0.2) is 0 Å². The van der Waals surface area contributed by atoms with E-state index in [1.165, 1.54) is 9.21 Å². The van der Waals surface area contributed by atoms with Crippen molar-refractivity contribution in [3.8, 4) is 6.07 Å². The lowest BCUT2D eigenvalue weighted by atomic mass is 10.0. The molecule has 3 aliphatic heterocycles. The third-order valence-corrected chi connectivity index (χ3v) is 7.58. The standard InChI is InChI=1S/C20H23N5O5S/c21-10-13-5-7-24(8-6-13)31(29,30)22-11-14-1-2-15-12-25(20(28)16(15)9-14)17-3-4-18(26)23-19(17)27/h1-2,9,13,17,22H,3-8,11-12H2,(H,23,26,27). The predicted molar refractivity (Wildman–Crippen MR) is 108 cm³/mol. The van der Waals surface area contributed by atoms with Crippen LogP contribution in [0.15, 0.2) is 18.2 Å². The van der Waals surface area contributed by atoms with Crippen molar-refractivity contribution in [2.45, 2.75) is 44.8 Å². The first-order chi connectivity index (χ1) is 14.8. The van der Waals surface area contributed by atoms with Gasteiger partial charge in [-0.1, -0.05) is 12.1 Å². The molecule has 2 saturated heterocycles. The Kier molecular flexibility index (Phi) is 5.79. The third-order valence-electron chi connectivity index (χ3n) is 6.03. The Hall–Kier alpha value is -2.81. The highest BCUT2D eigenvalue weighted by atomic mass is 32.2. The van der Waals surface area contributed by atoms with Gasteiger partial charge in [-0.15, -0.1) is 0 Å². The number of fused-ring (bicyclic) bond motifs is 1. The Morgan fingerprint density at radius 2 is 1.90 bits per heavy atom. The van der Waals surface area contributed by atoms with E-state index < -0.39 is 22.2 Å². The number of piperidine rings is 2. The molecule has 164 valence electrons. The first-order valence-electron chi connectivity index (χ1n) is 10.2. The number of hydrogen-bond acceptors (Lipinski definition) is 6. The zero-order valence-electron chi connectivity index (χ0n) is 16.8. The van der Waals surface area contributed by atoms with Crippen LogP contribution in [0.5, 0.6) is 0 Å². The lowest BCUT2D eigenvalue weighted by molar-refractivity contribution is -0.136. The highest BCUT2D eigenvalue weighted by molar-refractivity contribution is 7.87. The van der Waals surface area contributed by atoms with Crippen LogP contribution in [0, 0.1) is 17.2 Å². The molecule has 0 bridgehead atoms. The Labute approximate surface area is 180 Å². The maximum Gasteiger partial charge on any atom is 0.279 e. The maximum atomic E-state index is 12.9. The Morgan fingerprint density at radius 1 is 1.16 bits per heavy atom. The highest BCUT2D eigenvalue weighted by Gasteiger charge is 2.39. The summed E-state index contributed by atoms with van der Waals surface area (Å²) in [6.07, 6.45) is 1.51. The van der Waals surface area contributed by atoms with E-state index in [0.717, 1.165) is 5.56 Å². The Bertz CT molecular complexity index is 1070. The molecule has 0 radical (unpaired) electrons. The van der Waals surface area contributed by atoms with Gasteiger partial charge in [0.25, 0.3) is 16.1 Å². The average Bonchev–Trinajstić information content (AvgIpc) is 3.08. The van der Waals surface area contributed by atoms with Gasteiger partial charge in [-0.3, -0.25) is 19.7 Å². The molecular weight excluding hydrogens is 422 g/mol. The van der Waals surface area contributed by atoms with Gasteiger partial charge in [0, 0.05) is 44.1 Å². The van der Waals surface area contributed by atoms with E-state index in [9.17, 15) is 22.8 Å². The summed E-state index contributed by atoms with van der Waals surface area (Å²) in [5, 5.41) is 11.2. The number of rotatable bonds is 5. The van der Waals surface area contributed by atoms with Crippen LogP contribution in [0.2, 0.25) is 0 Å². The smallest absolute Gasteiger partial charge is 0.279 e. The summed E-state index contributed by atoms with van der Waals surface area (Å²) < 4.78 is 29.0. The molecule has 2 N–H and O–H groups in total. The van der Waals surface area contributed by atoms with Crippen LogP contribution in [0.4, 0.5) is 0 Å². The number of carbonyl (C=O) groups is 3. The van der Waals surface area contributed by atoms with E-state index in [1.54, 1.807) is 18.2 Å². The van der Waals surface area contributed by atoms with E-state index >= 15 is 0 Å². The Balaban J connectivity index is 1.41. The van der Waals surface area contributed by atoms with Gasteiger partial charge in [0.1, 0.15) is 6.04 Å². The van der Waals surface area contributed by atoms with Gasteiger partial charge in [-0.2, -0.15) is 22.7 Å². The molecule has 31 heavy (non-hydrogen) atoms. The van der Waals surface area contributed by atoms with Crippen molar-refractivity contribution in [3.63, 3.8) is 0 Å². The summed E-state index contributed by atoms with van der Waals surface area (Å²) in [7, 11) is -3.69. The summed E-state index contributed by atoms with van der Waals surface area (Å²) >= 11 is 0. The minimum Gasteiger partial charge on any atom is -0.322 e. The molecule has 11 heteroatoms. The van der Waals surface area contributed by atoms with Gasteiger partial charge in [-0.05, 0) is 36.5 Å². The summed E-state index contributed by atoms with van der Waals surface area (Å²) in [6.45, 7) is 0.911.